The van der Waals surface area contributed by atoms with E-state index in [0.717, 1.165) is 0 Å². The summed E-state index contributed by atoms with van der Waals surface area (Å²) in [5.41, 5.74) is 8.04. The van der Waals surface area contributed by atoms with Gasteiger partial charge in [0.1, 0.15) is 29.3 Å². The first-order valence-corrected chi connectivity index (χ1v) is 9.46. The largest absolute Gasteiger partial charge is 0.474 e. The number of hydrogen-bond donors (Lipinski definition) is 3. The molecule has 0 bridgehead atoms. The molecule has 4 N–H and O–H groups in total. The van der Waals surface area contributed by atoms with Gasteiger partial charge in [0.15, 0.2) is 17.1 Å². The van der Waals surface area contributed by atoms with E-state index in [-0.39, 0.29) is 43.1 Å². The topological polar surface area (TPSA) is 141 Å². The van der Waals surface area contributed by atoms with Crippen LogP contribution in [0.15, 0.2) is 42.6 Å². The van der Waals surface area contributed by atoms with Gasteiger partial charge < -0.3 is 15.6 Å². The van der Waals surface area contributed by atoms with Gasteiger partial charge in [-0.05, 0) is 18.2 Å². The second kappa shape index (κ2) is 7.61. The van der Waals surface area contributed by atoms with Crippen molar-refractivity contribution < 1.29 is 14.2 Å². The summed E-state index contributed by atoms with van der Waals surface area (Å²) in [7, 11) is 0. The summed E-state index contributed by atoms with van der Waals surface area (Å²) < 4.78 is 21.2. The van der Waals surface area contributed by atoms with Crippen molar-refractivity contribution in [2.45, 2.75) is 6.54 Å². The van der Waals surface area contributed by atoms with E-state index in [2.05, 4.69) is 30.2 Å². The smallest absolute Gasteiger partial charge is 0.246 e. The Bertz CT molecular complexity index is 1400. The van der Waals surface area contributed by atoms with Gasteiger partial charge in [-0.2, -0.15) is 5.10 Å². The van der Waals surface area contributed by atoms with Gasteiger partial charge in [0.05, 0.1) is 18.5 Å². The Morgan fingerprint density at radius 1 is 1.16 bits per heavy atom. The highest BCUT2D eigenvalue weighted by atomic mass is 19.1. The van der Waals surface area contributed by atoms with Gasteiger partial charge in [0, 0.05) is 11.8 Å². The molecule has 0 spiro atoms. The normalized spacial score (nSPS) is 11.4. The molecule has 0 radical (unpaired) electrons. The highest BCUT2D eigenvalue weighted by Gasteiger charge is 2.20. The van der Waals surface area contributed by atoms with Crippen LogP contribution >= 0.6 is 0 Å². The number of aromatic nitrogens is 7. The molecule has 4 heterocycles. The van der Waals surface area contributed by atoms with Crippen LogP contribution in [-0.2, 0) is 6.54 Å². The molecule has 0 amide bonds. The number of nitrogen functional groups attached to an aromatic ring is 1. The molecule has 0 atom stereocenters. The van der Waals surface area contributed by atoms with Gasteiger partial charge in [-0.15, -0.1) is 5.10 Å². The third kappa shape index (κ3) is 3.30. The maximum absolute atomic E-state index is 14.2. The van der Waals surface area contributed by atoms with Crippen molar-refractivity contribution in [3.05, 3.63) is 54.0 Å². The van der Waals surface area contributed by atoms with E-state index in [9.17, 15) is 4.39 Å². The second-order valence-electron chi connectivity index (χ2n) is 6.73. The molecule has 0 fully saturated rings. The number of halogens is 1. The SMILES string of the molecule is Nc1nc(-c2nn(Cc3ccccc3F)c3ncccc23)nc2[nH]nc(OCCO)c12. The van der Waals surface area contributed by atoms with Crippen LogP contribution < -0.4 is 10.5 Å². The van der Waals surface area contributed by atoms with Crippen LogP contribution in [0.2, 0.25) is 0 Å². The van der Waals surface area contributed by atoms with E-state index in [1.54, 1.807) is 35.1 Å². The third-order valence-electron chi connectivity index (χ3n) is 4.74. The van der Waals surface area contributed by atoms with Crippen LogP contribution in [0.3, 0.4) is 0 Å². The number of H-pyrrole nitrogens is 1. The molecule has 0 saturated heterocycles. The lowest BCUT2D eigenvalue weighted by molar-refractivity contribution is 0.198. The molecule has 1 aromatic carbocycles. The molecular weight excluding hydrogens is 403 g/mol. The second-order valence-corrected chi connectivity index (χ2v) is 6.73. The number of fused-ring (bicyclic) bond motifs is 2. The number of aromatic amines is 1. The number of nitrogens with one attached hydrogen (secondary N) is 1. The quantitative estimate of drug-likeness (QED) is 0.378. The molecule has 11 heteroatoms. The Kier molecular flexibility index (Phi) is 4.64. The molecule has 0 aliphatic heterocycles. The molecule has 0 aliphatic carbocycles. The molecule has 31 heavy (non-hydrogen) atoms. The Labute approximate surface area is 174 Å². The highest BCUT2D eigenvalue weighted by molar-refractivity contribution is 5.94. The number of hydrogen-bond acceptors (Lipinski definition) is 8. The average Bonchev–Trinajstić information content (AvgIpc) is 3.36. The highest BCUT2D eigenvalue weighted by Crippen LogP contribution is 2.31. The summed E-state index contributed by atoms with van der Waals surface area (Å²) in [6.45, 7) is 0.102. The maximum atomic E-state index is 14.2. The van der Waals surface area contributed by atoms with E-state index in [0.29, 0.717) is 33.3 Å². The zero-order valence-corrected chi connectivity index (χ0v) is 16.2. The van der Waals surface area contributed by atoms with E-state index in [1.807, 2.05) is 6.07 Å². The van der Waals surface area contributed by atoms with Crippen molar-refractivity contribution in [2.75, 3.05) is 18.9 Å². The summed E-state index contributed by atoms with van der Waals surface area (Å²) >= 11 is 0. The average molecular weight is 420 g/mol. The molecule has 5 aromatic rings. The Hall–Kier alpha value is -4.12. The van der Waals surface area contributed by atoms with Crippen molar-refractivity contribution in [1.29, 1.82) is 0 Å². The monoisotopic (exact) mass is 420 g/mol. The number of aliphatic hydroxyl groups excluding tert-OH is 1. The fourth-order valence-electron chi connectivity index (χ4n) is 3.35. The zero-order valence-electron chi connectivity index (χ0n) is 16.2. The molecule has 4 aromatic heterocycles. The standard InChI is InChI=1S/C20H17FN8O2/c21-13-6-2-1-4-11(13)10-29-19-12(5-3-7-23-19)15(28-29)18-24-16(22)14-17(25-18)26-27-20(14)31-9-8-30/h1-7,30H,8-10H2,(H3,22,24,25,26,27). The Morgan fingerprint density at radius 3 is 2.87 bits per heavy atom. The summed E-state index contributed by atoms with van der Waals surface area (Å²) in [5, 5.41) is 21.5. The Morgan fingerprint density at radius 2 is 2.03 bits per heavy atom. The fraction of sp³-hybridized carbons (Fsp3) is 0.150. The molecule has 0 aliphatic rings. The van der Waals surface area contributed by atoms with Gasteiger partial charge in [0.2, 0.25) is 5.88 Å². The number of ether oxygens (including phenoxy) is 1. The van der Waals surface area contributed by atoms with E-state index in [4.69, 9.17) is 15.6 Å². The number of nitrogens with zero attached hydrogens (tertiary/aromatic N) is 6. The first kappa shape index (κ1) is 18.9. The lowest BCUT2D eigenvalue weighted by Gasteiger charge is -2.04. The number of aliphatic hydroxyl groups is 1. The summed E-state index contributed by atoms with van der Waals surface area (Å²) in [6, 6.07) is 10.1. The molecule has 0 unspecified atom stereocenters. The number of pyridine rings is 1. The summed E-state index contributed by atoms with van der Waals surface area (Å²) in [6.07, 6.45) is 1.64. The first-order chi connectivity index (χ1) is 15.2. The van der Waals surface area contributed by atoms with E-state index < -0.39 is 0 Å². The third-order valence-corrected chi connectivity index (χ3v) is 4.74. The molecule has 10 nitrogen and oxygen atoms in total. The minimum absolute atomic E-state index is 0.0674. The summed E-state index contributed by atoms with van der Waals surface area (Å²) in [5.74, 6) is 0.318. The minimum atomic E-state index is -0.321. The zero-order chi connectivity index (χ0) is 21.4. The van der Waals surface area contributed by atoms with E-state index >= 15 is 0 Å². The van der Waals surface area contributed by atoms with Crippen LogP contribution in [-0.4, -0.2) is 53.3 Å². The van der Waals surface area contributed by atoms with Crippen molar-refractivity contribution in [3.8, 4) is 17.4 Å². The van der Waals surface area contributed by atoms with Crippen LogP contribution in [0.1, 0.15) is 5.56 Å². The van der Waals surface area contributed by atoms with Crippen molar-refractivity contribution in [1.82, 2.24) is 34.9 Å². The van der Waals surface area contributed by atoms with Gasteiger partial charge in [-0.25, -0.2) is 24.0 Å². The lowest BCUT2D eigenvalue weighted by Crippen LogP contribution is -2.05. The van der Waals surface area contributed by atoms with Gasteiger partial charge >= 0.3 is 0 Å². The number of anilines is 1. The summed E-state index contributed by atoms with van der Waals surface area (Å²) in [4.78, 5) is 13.3. The molecule has 5 rings (SSSR count). The lowest BCUT2D eigenvalue weighted by atomic mass is 10.2. The van der Waals surface area contributed by atoms with Crippen LogP contribution in [0.5, 0.6) is 5.88 Å². The minimum Gasteiger partial charge on any atom is -0.474 e. The predicted octanol–water partition coefficient (Wildman–Crippen LogP) is 1.91. The van der Waals surface area contributed by atoms with Crippen molar-refractivity contribution in [2.24, 2.45) is 0 Å². The number of benzene rings is 1. The van der Waals surface area contributed by atoms with Crippen molar-refractivity contribution >= 4 is 27.9 Å². The van der Waals surface area contributed by atoms with Crippen molar-refractivity contribution in [3.63, 3.8) is 0 Å². The van der Waals surface area contributed by atoms with Crippen LogP contribution in [0.25, 0.3) is 33.6 Å². The fourth-order valence-corrected chi connectivity index (χ4v) is 3.35. The predicted molar refractivity (Wildman–Crippen MR) is 111 cm³/mol. The molecular formula is C20H17FN8O2. The van der Waals surface area contributed by atoms with Crippen LogP contribution in [0, 0.1) is 5.82 Å². The van der Waals surface area contributed by atoms with E-state index in [1.165, 1.54) is 6.07 Å². The van der Waals surface area contributed by atoms with Gasteiger partial charge in [-0.3, -0.25) is 5.10 Å². The first-order valence-electron chi connectivity index (χ1n) is 9.46. The Balaban J connectivity index is 1.62. The van der Waals surface area contributed by atoms with Gasteiger partial charge in [-0.1, -0.05) is 18.2 Å². The molecule has 0 saturated carbocycles. The maximum Gasteiger partial charge on any atom is 0.246 e. The number of nitrogens with two attached hydrogens (primary N) is 1. The molecule has 156 valence electrons. The van der Waals surface area contributed by atoms with Crippen LogP contribution in [0.4, 0.5) is 10.2 Å². The number of rotatable bonds is 6. The van der Waals surface area contributed by atoms with Gasteiger partial charge in [0.25, 0.3) is 0 Å².